The molecule has 0 unspecified atom stereocenters. The van der Waals surface area contributed by atoms with Gasteiger partial charge in [0.05, 0.1) is 4.47 Å². The molecule has 0 spiro atoms. The molecule has 2 nitrogen and oxygen atoms in total. The van der Waals surface area contributed by atoms with Crippen molar-refractivity contribution in [2.24, 2.45) is 0 Å². The monoisotopic (exact) mass is 275 g/mol. The van der Waals surface area contributed by atoms with Crippen LogP contribution in [0.1, 0.15) is 12.0 Å². The lowest BCUT2D eigenvalue weighted by Gasteiger charge is -2.03. The zero-order chi connectivity index (χ0) is 10.4. The average molecular weight is 276 g/mol. The summed E-state index contributed by atoms with van der Waals surface area (Å²) in [6.07, 6.45) is 2.95. The SMILES string of the molecule is COCCCSc1ncc(C)cc1Br. The molecule has 1 aromatic rings. The summed E-state index contributed by atoms with van der Waals surface area (Å²) in [4.78, 5) is 4.35. The second-order valence-electron chi connectivity index (χ2n) is 2.99. The van der Waals surface area contributed by atoms with Crippen LogP contribution >= 0.6 is 27.7 Å². The molecule has 0 fully saturated rings. The van der Waals surface area contributed by atoms with Gasteiger partial charge in [0, 0.05) is 25.7 Å². The molecule has 0 N–H and O–H groups in total. The van der Waals surface area contributed by atoms with Gasteiger partial charge in [-0.25, -0.2) is 4.98 Å². The molecule has 0 atom stereocenters. The molecule has 1 rings (SSSR count). The van der Waals surface area contributed by atoms with Crippen molar-refractivity contribution in [2.45, 2.75) is 18.4 Å². The second kappa shape index (κ2) is 6.43. The number of hydrogen-bond acceptors (Lipinski definition) is 3. The first-order valence-corrected chi connectivity index (χ1v) is 6.26. The second-order valence-corrected chi connectivity index (χ2v) is 4.93. The topological polar surface area (TPSA) is 22.1 Å². The number of ether oxygens (including phenoxy) is 1. The minimum atomic E-state index is 0.816. The maximum absolute atomic E-state index is 4.98. The molecule has 1 heterocycles. The molecule has 0 bridgehead atoms. The number of thioether (sulfide) groups is 1. The van der Waals surface area contributed by atoms with Gasteiger partial charge in [0.1, 0.15) is 5.03 Å². The van der Waals surface area contributed by atoms with Gasteiger partial charge >= 0.3 is 0 Å². The zero-order valence-electron chi connectivity index (χ0n) is 8.42. The Morgan fingerprint density at radius 3 is 3.00 bits per heavy atom. The molecule has 0 aliphatic heterocycles. The quantitative estimate of drug-likeness (QED) is 0.608. The molecule has 0 amide bonds. The Hall–Kier alpha value is -0.0600. The number of methoxy groups -OCH3 is 1. The van der Waals surface area contributed by atoms with Crippen LogP contribution in [-0.2, 0) is 4.74 Å². The standard InChI is InChI=1S/C10H14BrNOS/c1-8-6-9(11)10(12-7-8)14-5-3-4-13-2/h6-7H,3-5H2,1-2H3. The van der Waals surface area contributed by atoms with E-state index in [2.05, 4.69) is 27.0 Å². The fraction of sp³-hybridized carbons (Fsp3) is 0.500. The summed E-state index contributed by atoms with van der Waals surface area (Å²) >= 11 is 5.26. The molecule has 0 saturated carbocycles. The number of aryl methyl sites for hydroxylation is 1. The third-order valence-corrected chi connectivity index (χ3v) is 3.63. The van der Waals surface area contributed by atoms with Crippen LogP contribution in [0.4, 0.5) is 0 Å². The van der Waals surface area contributed by atoms with Crippen molar-refractivity contribution in [2.75, 3.05) is 19.5 Å². The van der Waals surface area contributed by atoms with Crippen LogP contribution in [-0.4, -0.2) is 24.5 Å². The molecule has 0 aromatic carbocycles. The minimum absolute atomic E-state index is 0.816. The van der Waals surface area contributed by atoms with Crippen molar-refractivity contribution in [3.8, 4) is 0 Å². The summed E-state index contributed by atoms with van der Waals surface area (Å²) in [6, 6.07) is 2.09. The highest BCUT2D eigenvalue weighted by Crippen LogP contribution is 2.26. The van der Waals surface area contributed by atoms with Gasteiger partial charge in [0.2, 0.25) is 0 Å². The molecular formula is C10H14BrNOS. The Bertz CT molecular complexity index is 293. The van der Waals surface area contributed by atoms with Gasteiger partial charge in [-0.15, -0.1) is 11.8 Å². The number of rotatable bonds is 5. The van der Waals surface area contributed by atoms with Gasteiger partial charge < -0.3 is 4.74 Å². The molecule has 0 aliphatic rings. The summed E-state index contributed by atoms with van der Waals surface area (Å²) in [7, 11) is 1.73. The van der Waals surface area contributed by atoms with E-state index in [1.807, 2.05) is 13.1 Å². The Morgan fingerprint density at radius 2 is 2.36 bits per heavy atom. The van der Waals surface area contributed by atoms with E-state index in [4.69, 9.17) is 4.74 Å². The number of hydrogen-bond donors (Lipinski definition) is 0. The van der Waals surface area contributed by atoms with E-state index in [-0.39, 0.29) is 0 Å². The van der Waals surface area contributed by atoms with Crippen molar-refractivity contribution in [1.29, 1.82) is 0 Å². The normalized spacial score (nSPS) is 10.5. The van der Waals surface area contributed by atoms with Gasteiger partial charge in [-0.1, -0.05) is 0 Å². The molecule has 4 heteroatoms. The van der Waals surface area contributed by atoms with Gasteiger partial charge in [-0.05, 0) is 40.9 Å². The lowest BCUT2D eigenvalue weighted by atomic mass is 10.3. The molecule has 14 heavy (non-hydrogen) atoms. The maximum Gasteiger partial charge on any atom is 0.110 e. The van der Waals surface area contributed by atoms with Crippen molar-refractivity contribution >= 4 is 27.7 Å². The number of aromatic nitrogens is 1. The fourth-order valence-electron chi connectivity index (χ4n) is 0.999. The summed E-state index contributed by atoms with van der Waals surface area (Å²) in [6.45, 7) is 2.85. The lowest BCUT2D eigenvalue weighted by molar-refractivity contribution is 0.200. The van der Waals surface area contributed by atoms with E-state index < -0.39 is 0 Å². The smallest absolute Gasteiger partial charge is 0.110 e. The minimum Gasteiger partial charge on any atom is -0.385 e. The molecule has 1 aromatic heterocycles. The van der Waals surface area contributed by atoms with Crippen LogP contribution in [0.15, 0.2) is 21.8 Å². The first-order chi connectivity index (χ1) is 6.74. The Balaban J connectivity index is 2.42. The van der Waals surface area contributed by atoms with Crippen molar-refractivity contribution < 1.29 is 4.74 Å². The predicted octanol–water partition coefficient (Wildman–Crippen LogP) is 3.28. The van der Waals surface area contributed by atoms with Crippen LogP contribution in [0, 0.1) is 6.92 Å². The highest BCUT2D eigenvalue weighted by molar-refractivity contribution is 9.10. The molecule has 0 radical (unpaired) electrons. The van der Waals surface area contributed by atoms with Gasteiger partial charge in [0.25, 0.3) is 0 Å². The average Bonchev–Trinajstić information content (AvgIpc) is 2.15. The van der Waals surface area contributed by atoms with Crippen molar-refractivity contribution in [1.82, 2.24) is 4.98 Å². The fourth-order valence-corrected chi connectivity index (χ4v) is 2.59. The van der Waals surface area contributed by atoms with Crippen LogP contribution in [0.5, 0.6) is 0 Å². The van der Waals surface area contributed by atoms with Gasteiger partial charge in [0.15, 0.2) is 0 Å². The van der Waals surface area contributed by atoms with E-state index >= 15 is 0 Å². The Kier molecular flexibility index (Phi) is 5.52. The number of pyridine rings is 1. The largest absolute Gasteiger partial charge is 0.385 e. The van der Waals surface area contributed by atoms with Gasteiger partial charge in [-0.3, -0.25) is 0 Å². The molecule has 0 saturated heterocycles. The van der Waals surface area contributed by atoms with E-state index in [1.165, 1.54) is 5.56 Å². The van der Waals surface area contributed by atoms with Crippen LogP contribution in [0.25, 0.3) is 0 Å². The zero-order valence-corrected chi connectivity index (χ0v) is 10.8. The summed E-state index contributed by atoms with van der Waals surface area (Å²) in [5, 5.41) is 1.06. The molecular weight excluding hydrogens is 262 g/mol. The maximum atomic E-state index is 4.98. The van der Waals surface area contributed by atoms with E-state index in [9.17, 15) is 0 Å². The van der Waals surface area contributed by atoms with E-state index in [0.717, 1.165) is 28.3 Å². The predicted molar refractivity (Wildman–Crippen MR) is 63.9 cm³/mol. The van der Waals surface area contributed by atoms with E-state index in [1.54, 1.807) is 18.9 Å². The Morgan fingerprint density at radius 1 is 1.57 bits per heavy atom. The Labute approximate surface area is 97.6 Å². The number of halogens is 1. The first-order valence-electron chi connectivity index (χ1n) is 4.48. The van der Waals surface area contributed by atoms with Crippen LogP contribution in [0.3, 0.4) is 0 Å². The summed E-state index contributed by atoms with van der Waals surface area (Å²) in [5.41, 5.74) is 1.18. The van der Waals surface area contributed by atoms with Crippen LogP contribution < -0.4 is 0 Å². The third-order valence-electron chi connectivity index (χ3n) is 1.68. The summed E-state index contributed by atoms with van der Waals surface area (Å²) < 4.78 is 6.07. The molecule has 0 aliphatic carbocycles. The van der Waals surface area contributed by atoms with E-state index in [0.29, 0.717) is 0 Å². The third kappa shape index (κ3) is 3.98. The van der Waals surface area contributed by atoms with Crippen molar-refractivity contribution in [3.63, 3.8) is 0 Å². The highest BCUT2D eigenvalue weighted by atomic mass is 79.9. The molecule has 78 valence electrons. The highest BCUT2D eigenvalue weighted by Gasteiger charge is 2.01. The first kappa shape index (κ1) is 12.0. The van der Waals surface area contributed by atoms with Crippen LogP contribution in [0.2, 0.25) is 0 Å². The van der Waals surface area contributed by atoms with Crippen molar-refractivity contribution in [3.05, 3.63) is 22.3 Å². The van der Waals surface area contributed by atoms with Gasteiger partial charge in [-0.2, -0.15) is 0 Å². The summed E-state index contributed by atoms with van der Waals surface area (Å²) in [5.74, 6) is 1.04. The lowest BCUT2D eigenvalue weighted by Crippen LogP contribution is -1.91. The number of nitrogens with zero attached hydrogens (tertiary/aromatic N) is 1.